The van der Waals surface area contributed by atoms with Gasteiger partial charge in [0.25, 0.3) is 0 Å². The molecule has 0 aromatic heterocycles. The van der Waals surface area contributed by atoms with E-state index in [1.165, 1.54) is 12.1 Å². The highest BCUT2D eigenvalue weighted by Crippen LogP contribution is 2.13. The van der Waals surface area contributed by atoms with Gasteiger partial charge in [-0.15, -0.1) is 0 Å². The molecule has 0 spiro atoms. The summed E-state index contributed by atoms with van der Waals surface area (Å²) in [4.78, 5) is 24.3. The summed E-state index contributed by atoms with van der Waals surface area (Å²) in [6.07, 6.45) is 0. The molecule has 6 heteroatoms. The molecule has 1 aromatic rings. The third kappa shape index (κ3) is 3.63. The van der Waals surface area contributed by atoms with Gasteiger partial charge in [0.2, 0.25) is 11.8 Å². The van der Waals surface area contributed by atoms with Gasteiger partial charge in [0.1, 0.15) is 5.82 Å². The molecule has 1 aliphatic rings. The predicted molar refractivity (Wildman–Crippen MR) is 70.8 cm³/mol. The van der Waals surface area contributed by atoms with Gasteiger partial charge in [0, 0.05) is 12.1 Å². The molecule has 1 aromatic carbocycles. The summed E-state index contributed by atoms with van der Waals surface area (Å²) in [7, 11) is 0. The highest BCUT2D eigenvalue weighted by Gasteiger charge is 2.22. The van der Waals surface area contributed by atoms with E-state index in [2.05, 4.69) is 17.2 Å². The molecule has 0 atom stereocenters. The molecule has 1 aliphatic heterocycles. The van der Waals surface area contributed by atoms with Crippen molar-refractivity contribution in [2.45, 2.75) is 6.54 Å². The van der Waals surface area contributed by atoms with Crippen LogP contribution in [0.3, 0.4) is 0 Å². The fourth-order valence-electron chi connectivity index (χ4n) is 2.00. The Morgan fingerprint density at radius 3 is 2.65 bits per heavy atom. The third-order valence-electron chi connectivity index (χ3n) is 2.80. The van der Waals surface area contributed by atoms with Crippen LogP contribution in [0.25, 0.3) is 0 Å². The van der Waals surface area contributed by atoms with Crippen molar-refractivity contribution in [1.29, 1.82) is 0 Å². The van der Waals surface area contributed by atoms with Gasteiger partial charge in [-0.05, 0) is 17.7 Å². The van der Waals surface area contributed by atoms with Gasteiger partial charge in [-0.3, -0.25) is 19.8 Å². The summed E-state index contributed by atoms with van der Waals surface area (Å²) >= 11 is 0. The van der Waals surface area contributed by atoms with Gasteiger partial charge in [0.05, 0.1) is 19.6 Å². The summed E-state index contributed by atoms with van der Waals surface area (Å²) in [6.45, 7) is 0.800. The fourth-order valence-corrected chi connectivity index (χ4v) is 2.00. The molecule has 3 N–H and O–H groups in total. The van der Waals surface area contributed by atoms with Gasteiger partial charge in [-0.1, -0.05) is 17.9 Å². The lowest BCUT2D eigenvalue weighted by molar-refractivity contribution is -0.136. The summed E-state index contributed by atoms with van der Waals surface area (Å²) in [5, 5.41) is 2.23. The number of hydrogen-bond acceptors (Lipinski definition) is 4. The Morgan fingerprint density at radius 2 is 2.00 bits per heavy atom. The van der Waals surface area contributed by atoms with Crippen LogP contribution in [0, 0.1) is 17.7 Å². The number of rotatable bonds is 2. The molecule has 104 valence electrons. The summed E-state index contributed by atoms with van der Waals surface area (Å²) < 4.78 is 13.2. The number of piperazine rings is 1. The molecule has 20 heavy (non-hydrogen) atoms. The second kappa shape index (κ2) is 6.28. The molecule has 0 radical (unpaired) electrons. The second-order valence-electron chi connectivity index (χ2n) is 4.42. The zero-order chi connectivity index (χ0) is 14.5. The lowest BCUT2D eigenvalue weighted by Crippen LogP contribution is -2.50. The number of imide groups is 1. The largest absolute Gasteiger partial charge is 0.320 e. The SMILES string of the molecule is NCC#Cc1cc(F)ccc1CN1CC(=O)NC(=O)C1. The van der Waals surface area contributed by atoms with Crippen LogP contribution in [0.1, 0.15) is 11.1 Å². The molecule has 0 bridgehead atoms. The van der Waals surface area contributed by atoms with Crippen molar-refractivity contribution >= 4 is 11.8 Å². The zero-order valence-corrected chi connectivity index (χ0v) is 10.8. The van der Waals surface area contributed by atoms with E-state index in [9.17, 15) is 14.0 Å². The predicted octanol–water partition coefficient (Wildman–Crippen LogP) is -0.406. The minimum Gasteiger partial charge on any atom is -0.320 e. The van der Waals surface area contributed by atoms with Gasteiger partial charge in [-0.25, -0.2) is 4.39 Å². The maximum absolute atomic E-state index is 13.2. The maximum atomic E-state index is 13.2. The number of amides is 2. The number of benzene rings is 1. The molecule has 1 heterocycles. The lowest BCUT2D eigenvalue weighted by atomic mass is 10.1. The summed E-state index contributed by atoms with van der Waals surface area (Å²) in [6, 6.07) is 4.26. The zero-order valence-electron chi connectivity index (χ0n) is 10.8. The van der Waals surface area contributed by atoms with Crippen LogP contribution in [-0.4, -0.2) is 36.3 Å². The van der Waals surface area contributed by atoms with Crippen LogP contribution >= 0.6 is 0 Å². The van der Waals surface area contributed by atoms with Gasteiger partial charge < -0.3 is 5.73 Å². The number of nitrogens with one attached hydrogen (secondary N) is 1. The van der Waals surface area contributed by atoms with Crippen molar-refractivity contribution in [2.24, 2.45) is 5.73 Å². The molecule has 1 saturated heterocycles. The number of nitrogens with zero attached hydrogens (tertiary/aromatic N) is 1. The molecule has 0 aliphatic carbocycles. The van der Waals surface area contributed by atoms with Crippen molar-refractivity contribution in [3.8, 4) is 11.8 Å². The number of carbonyl (C=O) groups is 2. The van der Waals surface area contributed by atoms with E-state index >= 15 is 0 Å². The standard InChI is InChI=1S/C14H14FN3O2/c15-12-4-3-11(10(6-12)2-1-5-16)7-18-8-13(19)17-14(20)9-18/h3-4,6H,5,7-9,16H2,(H,17,19,20). The molecule has 2 rings (SSSR count). The van der Waals surface area contributed by atoms with E-state index in [0.717, 1.165) is 5.56 Å². The van der Waals surface area contributed by atoms with Crippen LogP contribution in [0.5, 0.6) is 0 Å². The first-order chi connectivity index (χ1) is 9.58. The highest BCUT2D eigenvalue weighted by atomic mass is 19.1. The average molecular weight is 275 g/mol. The second-order valence-corrected chi connectivity index (χ2v) is 4.42. The van der Waals surface area contributed by atoms with Crippen LogP contribution in [0.4, 0.5) is 4.39 Å². The molecular formula is C14H14FN3O2. The van der Waals surface area contributed by atoms with Crippen molar-refractivity contribution in [3.05, 3.63) is 35.1 Å². The maximum Gasteiger partial charge on any atom is 0.240 e. The van der Waals surface area contributed by atoms with Crippen molar-refractivity contribution in [3.63, 3.8) is 0 Å². The van der Waals surface area contributed by atoms with E-state index in [1.54, 1.807) is 11.0 Å². The van der Waals surface area contributed by atoms with E-state index in [0.29, 0.717) is 12.1 Å². The van der Waals surface area contributed by atoms with Gasteiger partial charge >= 0.3 is 0 Å². The minimum atomic E-state index is -0.387. The Morgan fingerprint density at radius 1 is 1.30 bits per heavy atom. The first-order valence-corrected chi connectivity index (χ1v) is 6.11. The van der Waals surface area contributed by atoms with E-state index in [1.807, 2.05) is 0 Å². The van der Waals surface area contributed by atoms with E-state index in [-0.39, 0.29) is 37.3 Å². The normalized spacial score (nSPS) is 15.5. The summed E-state index contributed by atoms with van der Waals surface area (Å²) in [5.74, 6) is 4.41. The van der Waals surface area contributed by atoms with Crippen molar-refractivity contribution < 1.29 is 14.0 Å². The Labute approximate surface area is 115 Å². The van der Waals surface area contributed by atoms with Crippen LogP contribution in [0.2, 0.25) is 0 Å². The van der Waals surface area contributed by atoms with Gasteiger partial charge in [-0.2, -0.15) is 0 Å². The fraction of sp³-hybridized carbons (Fsp3) is 0.286. The first kappa shape index (κ1) is 14.2. The summed E-state index contributed by atoms with van der Waals surface area (Å²) in [5.41, 5.74) is 6.59. The molecule has 2 amide bonds. The first-order valence-electron chi connectivity index (χ1n) is 6.11. The third-order valence-corrected chi connectivity index (χ3v) is 2.80. The Hall–Kier alpha value is -2.23. The molecule has 1 fully saturated rings. The number of halogens is 1. The van der Waals surface area contributed by atoms with Gasteiger partial charge in [0.15, 0.2) is 0 Å². The average Bonchev–Trinajstić information content (AvgIpc) is 2.38. The monoisotopic (exact) mass is 275 g/mol. The Balaban J connectivity index is 2.20. The molecule has 0 unspecified atom stereocenters. The topological polar surface area (TPSA) is 75.4 Å². The van der Waals surface area contributed by atoms with Crippen molar-refractivity contribution in [1.82, 2.24) is 10.2 Å². The number of hydrogen-bond donors (Lipinski definition) is 2. The Kier molecular flexibility index (Phi) is 4.45. The molecular weight excluding hydrogens is 261 g/mol. The minimum absolute atomic E-state index is 0.132. The molecule has 5 nitrogen and oxygen atoms in total. The number of nitrogens with two attached hydrogens (primary N) is 1. The molecule has 0 saturated carbocycles. The van der Waals surface area contributed by atoms with Crippen LogP contribution in [-0.2, 0) is 16.1 Å². The smallest absolute Gasteiger partial charge is 0.240 e. The highest BCUT2D eigenvalue weighted by molar-refractivity contribution is 5.99. The van der Waals surface area contributed by atoms with Crippen molar-refractivity contribution in [2.75, 3.05) is 19.6 Å². The lowest BCUT2D eigenvalue weighted by Gasteiger charge is -2.25. The van der Waals surface area contributed by atoms with Crippen LogP contribution < -0.4 is 11.1 Å². The van der Waals surface area contributed by atoms with E-state index < -0.39 is 0 Å². The number of carbonyl (C=O) groups excluding carboxylic acids is 2. The van der Waals surface area contributed by atoms with E-state index in [4.69, 9.17) is 5.73 Å². The quantitative estimate of drug-likeness (QED) is 0.568. The Bertz CT molecular complexity index is 588. The van der Waals surface area contributed by atoms with Crippen LogP contribution in [0.15, 0.2) is 18.2 Å².